The highest BCUT2D eigenvalue weighted by Gasteiger charge is 2.14. The molecule has 6 heteroatoms. The summed E-state index contributed by atoms with van der Waals surface area (Å²) in [6.45, 7) is 5.48. The molecule has 0 bridgehead atoms. The summed E-state index contributed by atoms with van der Waals surface area (Å²) in [5.41, 5.74) is 0. The minimum absolute atomic E-state index is 0.0156. The van der Waals surface area contributed by atoms with Crippen LogP contribution in [0, 0.1) is 0 Å². The number of thiophene rings is 1. The minimum Gasteiger partial charge on any atom is -0.469 e. The van der Waals surface area contributed by atoms with Crippen LogP contribution >= 0.6 is 11.3 Å². The summed E-state index contributed by atoms with van der Waals surface area (Å²) in [7, 11) is 1.37. The van der Waals surface area contributed by atoms with Gasteiger partial charge in [-0.3, -0.25) is 14.5 Å². The van der Waals surface area contributed by atoms with Gasteiger partial charge in [-0.15, -0.1) is 11.3 Å². The molecule has 1 N–H and O–H groups in total. The second kappa shape index (κ2) is 8.71. The first-order valence-electron chi connectivity index (χ1n) is 6.68. The molecule has 0 saturated heterocycles. The van der Waals surface area contributed by atoms with E-state index in [4.69, 9.17) is 0 Å². The van der Waals surface area contributed by atoms with E-state index in [0.29, 0.717) is 19.5 Å². The number of likely N-dealkylation sites (N-methyl/N-ethyl adjacent to an activating group) is 1. The molecule has 0 spiro atoms. The first kappa shape index (κ1) is 16.7. The summed E-state index contributed by atoms with van der Waals surface area (Å²) in [6.07, 6.45) is 0.304. The van der Waals surface area contributed by atoms with Crippen molar-refractivity contribution in [2.24, 2.45) is 0 Å². The van der Waals surface area contributed by atoms with Gasteiger partial charge in [0.25, 0.3) is 0 Å². The Morgan fingerprint density at radius 1 is 1.50 bits per heavy atom. The van der Waals surface area contributed by atoms with Gasteiger partial charge in [-0.1, -0.05) is 13.0 Å². The van der Waals surface area contributed by atoms with E-state index in [2.05, 4.69) is 10.1 Å². The van der Waals surface area contributed by atoms with E-state index in [0.717, 1.165) is 11.4 Å². The number of carbonyl (C=O) groups is 2. The monoisotopic (exact) mass is 298 g/mol. The third kappa shape index (κ3) is 5.71. The van der Waals surface area contributed by atoms with Crippen molar-refractivity contribution in [3.8, 4) is 0 Å². The Morgan fingerprint density at radius 3 is 2.80 bits per heavy atom. The van der Waals surface area contributed by atoms with E-state index in [1.165, 1.54) is 7.11 Å². The van der Waals surface area contributed by atoms with Crippen molar-refractivity contribution in [2.75, 3.05) is 26.7 Å². The van der Waals surface area contributed by atoms with Gasteiger partial charge < -0.3 is 10.1 Å². The van der Waals surface area contributed by atoms with Crippen molar-refractivity contribution < 1.29 is 14.3 Å². The largest absolute Gasteiger partial charge is 0.469 e. The van der Waals surface area contributed by atoms with E-state index in [1.54, 1.807) is 11.3 Å². The molecular weight excluding hydrogens is 276 g/mol. The lowest BCUT2D eigenvalue weighted by molar-refractivity contribution is -0.141. The first-order valence-corrected chi connectivity index (χ1v) is 7.56. The summed E-state index contributed by atoms with van der Waals surface area (Å²) in [5.74, 6) is -0.284. The molecule has 0 aromatic carbocycles. The number of nitrogens with zero attached hydrogens (tertiary/aromatic N) is 1. The van der Waals surface area contributed by atoms with Gasteiger partial charge >= 0.3 is 5.97 Å². The van der Waals surface area contributed by atoms with E-state index in [9.17, 15) is 9.59 Å². The molecule has 1 aromatic heterocycles. The maximum Gasteiger partial charge on any atom is 0.306 e. The fourth-order valence-corrected chi connectivity index (χ4v) is 2.53. The molecular formula is C14H22N2O3S. The Kier molecular flexibility index (Phi) is 7.25. The average molecular weight is 298 g/mol. The number of nitrogens with one attached hydrogen (secondary N) is 1. The Hall–Kier alpha value is -1.40. The predicted octanol–water partition coefficient (Wildman–Crippen LogP) is 1.81. The van der Waals surface area contributed by atoms with Crippen LogP contribution in [0.3, 0.4) is 0 Å². The normalized spacial score (nSPS) is 12.2. The van der Waals surface area contributed by atoms with Crippen molar-refractivity contribution in [2.45, 2.75) is 26.3 Å². The molecule has 0 radical (unpaired) electrons. The van der Waals surface area contributed by atoms with Crippen molar-refractivity contribution in [1.82, 2.24) is 10.2 Å². The third-order valence-corrected chi connectivity index (χ3v) is 4.08. The Labute approximate surface area is 123 Å². The van der Waals surface area contributed by atoms with Crippen molar-refractivity contribution in [3.63, 3.8) is 0 Å². The number of ether oxygens (including phenoxy) is 1. The quantitative estimate of drug-likeness (QED) is 0.744. The molecule has 0 aliphatic heterocycles. The van der Waals surface area contributed by atoms with Gasteiger partial charge in [-0.05, 0) is 24.9 Å². The highest BCUT2D eigenvalue weighted by atomic mass is 32.1. The van der Waals surface area contributed by atoms with Gasteiger partial charge in [0.05, 0.1) is 26.1 Å². The van der Waals surface area contributed by atoms with E-state index >= 15 is 0 Å². The maximum atomic E-state index is 12.0. The lowest BCUT2D eigenvalue weighted by atomic mass is 10.2. The molecule has 0 saturated carbocycles. The summed E-state index contributed by atoms with van der Waals surface area (Å²) < 4.78 is 4.60. The van der Waals surface area contributed by atoms with Crippen molar-refractivity contribution in [3.05, 3.63) is 22.4 Å². The lowest BCUT2D eigenvalue weighted by Gasteiger charge is -2.20. The van der Waals surface area contributed by atoms with Gasteiger partial charge in [-0.2, -0.15) is 0 Å². The van der Waals surface area contributed by atoms with Crippen molar-refractivity contribution >= 4 is 23.2 Å². The van der Waals surface area contributed by atoms with Gasteiger partial charge in [0, 0.05) is 11.4 Å². The molecule has 1 unspecified atom stereocenters. The number of amides is 1. The molecule has 0 aliphatic rings. The van der Waals surface area contributed by atoms with Crippen LogP contribution in [0.2, 0.25) is 0 Å². The van der Waals surface area contributed by atoms with E-state index < -0.39 is 0 Å². The number of carbonyl (C=O) groups excluding carboxylic acids is 2. The fourth-order valence-electron chi connectivity index (χ4n) is 1.80. The summed E-state index contributed by atoms with van der Waals surface area (Å²) in [4.78, 5) is 26.1. The molecule has 0 fully saturated rings. The molecule has 20 heavy (non-hydrogen) atoms. The van der Waals surface area contributed by atoms with Crippen LogP contribution in [-0.2, 0) is 14.3 Å². The van der Waals surface area contributed by atoms with Crippen LogP contribution in [0.1, 0.15) is 31.2 Å². The van der Waals surface area contributed by atoms with E-state index in [-0.39, 0.29) is 17.9 Å². The van der Waals surface area contributed by atoms with Crippen LogP contribution in [0.4, 0.5) is 0 Å². The summed E-state index contributed by atoms with van der Waals surface area (Å²) >= 11 is 1.63. The number of hydrogen-bond acceptors (Lipinski definition) is 5. The van der Waals surface area contributed by atoms with Crippen LogP contribution < -0.4 is 5.32 Å². The Balaban J connectivity index is 2.37. The fraction of sp³-hybridized carbons (Fsp3) is 0.571. The number of methoxy groups -OCH3 is 1. The second-order valence-electron chi connectivity index (χ2n) is 4.50. The van der Waals surface area contributed by atoms with Gasteiger partial charge in [-0.25, -0.2) is 0 Å². The lowest BCUT2D eigenvalue weighted by Crippen LogP contribution is -2.39. The van der Waals surface area contributed by atoms with E-state index in [1.807, 2.05) is 36.3 Å². The van der Waals surface area contributed by atoms with Crippen LogP contribution in [0.25, 0.3) is 0 Å². The minimum atomic E-state index is -0.254. The zero-order chi connectivity index (χ0) is 15.0. The number of esters is 1. The number of rotatable bonds is 8. The first-order chi connectivity index (χ1) is 9.56. The van der Waals surface area contributed by atoms with Crippen LogP contribution in [0.5, 0.6) is 0 Å². The highest BCUT2D eigenvalue weighted by Crippen LogP contribution is 2.17. The highest BCUT2D eigenvalue weighted by molar-refractivity contribution is 7.10. The van der Waals surface area contributed by atoms with Gasteiger partial charge in [0.15, 0.2) is 0 Å². The molecule has 0 aliphatic carbocycles. The zero-order valence-electron chi connectivity index (χ0n) is 12.2. The van der Waals surface area contributed by atoms with Crippen LogP contribution in [0.15, 0.2) is 17.5 Å². The summed E-state index contributed by atoms with van der Waals surface area (Å²) in [6, 6.07) is 3.99. The third-order valence-electron chi connectivity index (χ3n) is 3.02. The zero-order valence-corrected chi connectivity index (χ0v) is 13.0. The molecule has 1 aromatic rings. The smallest absolute Gasteiger partial charge is 0.306 e. The molecule has 1 rings (SSSR count). The number of hydrogen-bond donors (Lipinski definition) is 1. The van der Waals surface area contributed by atoms with Gasteiger partial charge in [0.1, 0.15) is 0 Å². The predicted molar refractivity (Wildman–Crippen MR) is 79.6 cm³/mol. The van der Waals surface area contributed by atoms with Gasteiger partial charge in [0.2, 0.25) is 5.91 Å². The maximum absolute atomic E-state index is 12.0. The second-order valence-corrected chi connectivity index (χ2v) is 5.48. The Morgan fingerprint density at radius 2 is 2.25 bits per heavy atom. The Bertz CT molecular complexity index is 420. The standard InChI is InChI=1S/C14H22N2O3S/c1-4-16(8-7-14(18)19-3)10-13(17)15-11(2)12-6-5-9-20-12/h5-6,9,11H,4,7-8,10H2,1-3H3,(H,15,17). The average Bonchev–Trinajstić information content (AvgIpc) is 2.97. The SMILES string of the molecule is CCN(CCC(=O)OC)CC(=O)NC(C)c1cccs1. The topological polar surface area (TPSA) is 58.6 Å². The summed E-state index contributed by atoms with van der Waals surface area (Å²) in [5, 5.41) is 4.96. The molecule has 5 nitrogen and oxygen atoms in total. The van der Waals surface area contributed by atoms with Crippen molar-refractivity contribution in [1.29, 1.82) is 0 Å². The van der Waals surface area contributed by atoms with Crippen LogP contribution in [-0.4, -0.2) is 43.5 Å². The molecule has 1 heterocycles. The molecule has 1 amide bonds. The molecule has 112 valence electrons. The molecule has 1 atom stereocenters.